The van der Waals surface area contributed by atoms with Gasteiger partial charge in [-0.2, -0.15) is 0 Å². The molecule has 4 rings (SSSR count). The van der Waals surface area contributed by atoms with Crippen molar-refractivity contribution in [3.63, 3.8) is 0 Å². The monoisotopic (exact) mass is 413 g/mol. The lowest BCUT2D eigenvalue weighted by Gasteiger charge is -2.23. The second kappa shape index (κ2) is 7.26. The maximum Gasteiger partial charge on any atom is 0.265 e. The summed E-state index contributed by atoms with van der Waals surface area (Å²) >= 11 is 7.45. The van der Waals surface area contributed by atoms with Gasteiger partial charge in [-0.3, -0.25) is 14.9 Å². The van der Waals surface area contributed by atoms with E-state index in [1.165, 1.54) is 11.3 Å². The standard InChI is InChI=1S/C20H16ClN3O3S/c1-10-18(25)22-15-9-12(7-8-16(15)27-10)17-11(2)28-20(23-17)24-19(26)13-5-3-4-6-14(13)21/h3-10H,1-2H3,(H,22,25)(H,23,24,26)/t10-/m1/s1. The average molecular weight is 414 g/mol. The number of aryl methyl sites for hydroxylation is 1. The molecule has 0 bridgehead atoms. The van der Waals surface area contributed by atoms with Crippen molar-refractivity contribution in [3.05, 3.63) is 57.9 Å². The number of benzene rings is 2. The van der Waals surface area contributed by atoms with Crippen LogP contribution >= 0.6 is 22.9 Å². The van der Waals surface area contributed by atoms with Crippen molar-refractivity contribution in [2.45, 2.75) is 20.0 Å². The molecular weight excluding hydrogens is 398 g/mol. The van der Waals surface area contributed by atoms with Crippen molar-refractivity contribution in [2.75, 3.05) is 10.6 Å². The second-order valence-electron chi connectivity index (χ2n) is 6.32. The summed E-state index contributed by atoms with van der Waals surface area (Å²) in [5.41, 5.74) is 2.55. The molecule has 2 amide bonds. The Kier molecular flexibility index (Phi) is 4.78. The Morgan fingerprint density at radius 3 is 2.86 bits per heavy atom. The van der Waals surface area contributed by atoms with Crippen LogP contribution in [0, 0.1) is 6.92 Å². The summed E-state index contributed by atoms with van der Waals surface area (Å²) in [6, 6.07) is 12.4. The number of halogens is 1. The molecule has 1 aromatic heterocycles. The van der Waals surface area contributed by atoms with Gasteiger partial charge in [0.2, 0.25) is 0 Å². The van der Waals surface area contributed by atoms with Crippen LogP contribution in [0.1, 0.15) is 22.2 Å². The Morgan fingerprint density at radius 1 is 1.29 bits per heavy atom. The largest absolute Gasteiger partial charge is 0.479 e. The molecule has 6 nitrogen and oxygen atoms in total. The third-order valence-electron chi connectivity index (χ3n) is 4.32. The van der Waals surface area contributed by atoms with Crippen LogP contribution in [0.3, 0.4) is 0 Å². The quantitative estimate of drug-likeness (QED) is 0.649. The summed E-state index contributed by atoms with van der Waals surface area (Å²) in [5, 5.41) is 6.49. The Labute approximate surface area is 170 Å². The summed E-state index contributed by atoms with van der Waals surface area (Å²) in [4.78, 5) is 29.8. The molecule has 142 valence electrons. The summed E-state index contributed by atoms with van der Waals surface area (Å²) < 4.78 is 5.58. The number of amides is 2. The predicted octanol–water partition coefficient (Wildman–Crippen LogP) is 4.74. The summed E-state index contributed by atoms with van der Waals surface area (Å²) in [6.07, 6.45) is -0.522. The van der Waals surface area contributed by atoms with Gasteiger partial charge >= 0.3 is 0 Å². The molecule has 0 radical (unpaired) electrons. The Balaban J connectivity index is 1.60. The van der Waals surface area contributed by atoms with Gasteiger partial charge in [0.25, 0.3) is 11.8 Å². The molecule has 2 heterocycles. The minimum absolute atomic E-state index is 0.188. The van der Waals surface area contributed by atoms with Gasteiger partial charge in [0.15, 0.2) is 11.2 Å². The van der Waals surface area contributed by atoms with Gasteiger partial charge < -0.3 is 10.1 Å². The smallest absolute Gasteiger partial charge is 0.265 e. The minimum atomic E-state index is -0.522. The lowest BCUT2D eigenvalue weighted by Crippen LogP contribution is -2.34. The molecule has 0 spiro atoms. The van der Waals surface area contributed by atoms with E-state index >= 15 is 0 Å². The molecule has 0 saturated carbocycles. The first-order valence-electron chi connectivity index (χ1n) is 8.57. The van der Waals surface area contributed by atoms with Crippen LogP contribution < -0.4 is 15.4 Å². The fourth-order valence-electron chi connectivity index (χ4n) is 2.88. The van der Waals surface area contributed by atoms with Crippen LogP contribution in [0.15, 0.2) is 42.5 Å². The third kappa shape index (κ3) is 3.46. The number of thiazole rings is 1. The van der Waals surface area contributed by atoms with Crippen molar-refractivity contribution >= 4 is 45.6 Å². The number of rotatable bonds is 3. The summed E-state index contributed by atoms with van der Waals surface area (Å²) in [5.74, 6) is 0.120. The van der Waals surface area contributed by atoms with Crippen molar-refractivity contribution < 1.29 is 14.3 Å². The number of carbonyl (C=O) groups is 2. The first-order valence-corrected chi connectivity index (χ1v) is 9.77. The van der Waals surface area contributed by atoms with E-state index in [1.807, 2.05) is 19.1 Å². The normalized spacial score (nSPS) is 15.4. The van der Waals surface area contributed by atoms with E-state index < -0.39 is 6.10 Å². The molecule has 0 aliphatic carbocycles. The molecule has 0 unspecified atom stereocenters. The number of hydrogen-bond donors (Lipinski definition) is 2. The number of aromatic nitrogens is 1. The van der Waals surface area contributed by atoms with E-state index in [1.54, 1.807) is 37.3 Å². The van der Waals surface area contributed by atoms with E-state index in [4.69, 9.17) is 16.3 Å². The van der Waals surface area contributed by atoms with Crippen molar-refractivity contribution in [1.82, 2.24) is 4.98 Å². The minimum Gasteiger partial charge on any atom is -0.479 e. The average Bonchev–Trinajstić information content (AvgIpc) is 3.02. The SMILES string of the molecule is Cc1sc(NC(=O)c2ccccc2Cl)nc1-c1ccc2c(c1)NC(=O)[C@@H](C)O2. The lowest BCUT2D eigenvalue weighted by atomic mass is 10.1. The first-order chi connectivity index (χ1) is 13.4. The Bertz CT molecular complexity index is 1100. The van der Waals surface area contributed by atoms with Gasteiger partial charge in [-0.15, -0.1) is 11.3 Å². The van der Waals surface area contributed by atoms with Gasteiger partial charge in [0.05, 0.1) is 22.0 Å². The van der Waals surface area contributed by atoms with Crippen LogP contribution in [-0.4, -0.2) is 22.9 Å². The van der Waals surface area contributed by atoms with E-state index in [2.05, 4.69) is 15.6 Å². The maximum atomic E-state index is 12.5. The molecule has 0 saturated heterocycles. The van der Waals surface area contributed by atoms with Crippen LogP contribution in [0.5, 0.6) is 5.75 Å². The third-order valence-corrected chi connectivity index (χ3v) is 5.54. The number of fused-ring (bicyclic) bond motifs is 1. The van der Waals surface area contributed by atoms with Crippen LogP contribution in [0.2, 0.25) is 5.02 Å². The molecule has 2 aromatic carbocycles. The highest BCUT2D eigenvalue weighted by molar-refractivity contribution is 7.16. The molecule has 1 aliphatic heterocycles. The molecule has 0 fully saturated rings. The first kappa shape index (κ1) is 18.5. The lowest BCUT2D eigenvalue weighted by molar-refractivity contribution is -0.122. The highest BCUT2D eigenvalue weighted by atomic mass is 35.5. The fourth-order valence-corrected chi connectivity index (χ4v) is 3.94. The van der Waals surface area contributed by atoms with Gasteiger partial charge in [0, 0.05) is 10.4 Å². The summed E-state index contributed by atoms with van der Waals surface area (Å²) in [6.45, 7) is 3.62. The van der Waals surface area contributed by atoms with Crippen LogP contribution in [0.4, 0.5) is 10.8 Å². The molecule has 1 atom stereocenters. The zero-order valence-electron chi connectivity index (χ0n) is 15.1. The number of nitrogens with one attached hydrogen (secondary N) is 2. The number of hydrogen-bond acceptors (Lipinski definition) is 5. The summed E-state index contributed by atoms with van der Waals surface area (Å²) in [7, 11) is 0. The van der Waals surface area contributed by atoms with E-state index in [0.29, 0.717) is 27.2 Å². The highest BCUT2D eigenvalue weighted by Gasteiger charge is 2.24. The zero-order chi connectivity index (χ0) is 19.8. The molecule has 2 N–H and O–H groups in total. The number of anilines is 2. The predicted molar refractivity (Wildman–Crippen MR) is 110 cm³/mol. The maximum absolute atomic E-state index is 12.5. The molecule has 1 aliphatic rings. The van der Waals surface area contributed by atoms with Crippen LogP contribution in [0.25, 0.3) is 11.3 Å². The molecule has 28 heavy (non-hydrogen) atoms. The van der Waals surface area contributed by atoms with Gasteiger partial charge in [-0.1, -0.05) is 23.7 Å². The van der Waals surface area contributed by atoms with E-state index in [-0.39, 0.29) is 11.8 Å². The zero-order valence-corrected chi connectivity index (χ0v) is 16.6. The number of nitrogens with zero attached hydrogens (tertiary/aromatic N) is 1. The molecular formula is C20H16ClN3O3S. The number of carbonyl (C=O) groups excluding carboxylic acids is 2. The van der Waals surface area contributed by atoms with Gasteiger partial charge in [-0.25, -0.2) is 4.98 Å². The van der Waals surface area contributed by atoms with Crippen molar-refractivity contribution in [3.8, 4) is 17.0 Å². The molecule has 3 aromatic rings. The topological polar surface area (TPSA) is 80.3 Å². The Morgan fingerprint density at radius 2 is 2.07 bits per heavy atom. The molecule has 8 heteroatoms. The Hall–Kier alpha value is -2.90. The fraction of sp³-hybridized carbons (Fsp3) is 0.150. The van der Waals surface area contributed by atoms with Crippen molar-refractivity contribution in [2.24, 2.45) is 0 Å². The highest BCUT2D eigenvalue weighted by Crippen LogP contribution is 2.37. The van der Waals surface area contributed by atoms with E-state index in [0.717, 1.165) is 16.1 Å². The number of ether oxygens (including phenoxy) is 1. The van der Waals surface area contributed by atoms with E-state index in [9.17, 15) is 9.59 Å². The van der Waals surface area contributed by atoms with Gasteiger partial charge in [-0.05, 0) is 44.2 Å². The van der Waals surface area contributed by atoms with Gasteiger partial charge in [0.1, 0.15) is 5.75 Å². The van der Waals surface area contributed by atoms with Crippen molar-refractivity contribution in [1.29, 1.82) is 0 Å². The van der Waals surface area contributed by atoms with Crippen LogP contribution in [-0.2, 0) is 4.79 Å². The second-order valence-corrected chi connectivity index (χ2v) is 7.93.